The summed E-state index contributed by atoms with van der Waals surface area (Å²) in [6.45, 7) is 10.9. The van der Waals surface area contributed by atoms with E-state index in [0.717, 1.165) is 6.42 Å². The Morgan fingerprint density at radius 2 is 1.79 bits per heavy atom. The smallest absolute Gasteiger partial charge is 0.319 e. The summed E-state index contributed by atoms with van der Waals surface area (Å²) in [5, 5.41) is 5.60. The van der Waals surface area contributed by atoms with Gasteiger partial charge in [-0.15, -0.1) is 0 Å². The Hall–Kier alpha value is -2.90. The van der Waals surface area contributed by atoms with Gasteiger partial charge in [0.2, 0.25) is 11.8 Å². The van der Waals surface area contributed by atoms with Gasteiger partial charge < -0.3 is 20.4 Å². The second-order valence-electron chi connectivity index (χ2n) is 9.85. The van der Waals surface area contributed by atoms with E-state index >= 15 is 0 Å². The third-order valence-electron chi connectivity index (χ3n) is 7.16. The third kappa shape index (κ3) is 6.81. The Morgan fingerprint density at radius 3 is 2.41 bits per heavy atom. The zero-order valence-electron chi connectivity index (χ0n) is 20.6. The fourth-order valence-electron chi connectivity index (χ4n) is 5.07. The van der Waals surface area contributed by atoms with Gasteiger partial charge in [0, 0.05) is 51.8 Å². The van der Waals surface area contributed by atoms with E-state index < -0.39 is 5.82 Å². The number of hydrogen-bond donors (Lipinski definition) is 2. The van der Waals surface area contributed by atoms with Gasteiger partial charge in [-0.05, 0) is 55.2 Å². The lowest BCUT2D eigenvalue weighted by Crippen LogP contribution is -2.50. The minimum atomic E-state index is -0.398. The van der Waals surface area contributed by atoms with Crippen molar-refractivity contribution in [1.29, 1.82) is 0 Å². The molecule has 1 saturated heterocycles. The van der Waals surface area contributed by atoms with Crippen molar-refractivity contribution in [3.63, 3.8) is 0 Å². The molecule has 3 rings (SSSR count). The van der Waals surface area contributed by atoms with Gasteiger partial charge in [-0.2, -0.15) is 0 Å². The number of nitrogens with zero attached hydrogens (tertiary/aromatic N) is 2. The minimum Gasteiger partial charge on any atom is -0.339 e. The van der Waals surface area contributed by atoms with Crippen molar-refractivity contribution < 1.29 is 18.8 Å². The second-order valence-corrected chi connectivity index (χ2v) is 9.85. The highest BCUT2D eigenvalue weighted by Gasteiger charge is 2.34. The molecule has 1 aliphatic heterocycles. The van der Waals surface area contributed by atoms with E-state index in [9.17, 15) is 18.8 Å². The van der Waals surface area contributed by atoms with Crippen LogP contribution in [0.4, 0.5) is 14.9 Å². The van der Waals surface area contributed by atoms with Crippen molar-refractivity contribution in [1.82, 2.24) is 15.1 Å². The van der Waals surface area contributed by atoms with Crippen LogP contribution in [0.3, 0.4) is 0 Å². The molecule has 0 saturated carbocycles. The molecule has 4 amide bonds. The van der Waals surface area contributed by atoms with Crippen molar-refractivity contribution in [2.24, 2.45) is 23.7 Å². The maximum Gasteiger partial charge on any atom is 0.319 e. The summed E-state index contributed by atoms with van der Waals surface area (Å²) >= 11 is 0. The van der Waals surface area contributed by atoms with Crippen LogP contribution in [0.5, 0.6) is 0 Å². The summed E-state index contributed by atoms with van der Waals surface area (Å²) in [5.74, 6) is 0.901. The monoisotopic (exact) mass is 472 g/mol. The maximum atomic E-state index is 13.4. The number of piperazine rings is 1. The van der Waals surface area contributed by atoms with Crippen LogP contribution in [0.25, 0.3) is 0 Å². The molecular weight excluding hydrogens is 435 g/mol. The highest BCUT2D eigenvalue weighted by Crippen LogP contribution is 2.39. The molecule has 1 aromatic carbocycles. The van der Waals surface area contributed by atoms with Crippen molar-refractivity contribution in [3.05, 3.63) is 41.7 Å². The normalized spacial score (nSPS) is 22.9. The van der Waals surface area contributed by atoms with Gasteiger partial charge >= 0.3 is 6.03 Å². The predicted molar refractivity (Wildman–Crippen MR) is 131 cm³/mol. The van der Waals surface area contributed by atoms with Crippen LogP contribution in [0.1, 0.15) is 40.5 Å². The number of rotatable bonds is 6. The number of carbonyl (C=O) groups excluding carboxylic acids is 3. The van der Waals surface area contributed by atoms with Crippen LogP contribution in [0.2, 0.25) is 0 Å². The van der Waals surface area contributed by atoms with Gasteiger partial charge in [0.15, 0.2) is 0 Å². The standard InChI is InChI=1S/C26H37FN4O3/c1-17(2)24-13-20(14-25(33)31-10-8-30(9-11-31)19(4)32)18(3)12-21(24)16-28-26(34)29-23-7-5-6-22(27)15-23/h5-7,12,15,17,20-21,24H,8-11,13-14,16H2,1-4H3,(H2,28,29,34)/t20-,21-,24-/m0/s1. The quantitative estimate of drug-likeness (QED) is 0.617. The molecular formula is C26H37FN4O3. The zero-order valence-corrected chi connectivity index (χ0v) is 20.6. The number of hydrogen-bond acceptors (Lipinski definition) is 3. The summed E-state index contributed by atoms with van der Waals surface area (Å²) in [6, 6.07) is 5.45. The number of halogens is 1. The molecule has 1 aliphatic carbocycles. The fourth-order valence-corrected chi connectivity index (χ4v) is 5.07. The molecule has 2 N–H and O–H groups in total. The first-order chi connectivity index (χ1) is 16.1. The molecule has 0 spiro atoms. The van der Waals surface area contributed by atoms with Crippen molar-refractivity contribution in [3.8, 4) is 0 Å². The molecule has 0 unspecified atom stereocenters. The van der Waals surface area contributed by atoms with Crippen molar-refractivity contribution in [2.45, 2.75) is 40.5 Å². The van der Waals surface area contributed by atoms with Crippen LogP contribution in [0.15, 0.2) is 35.9 Å². The van der Waals surface area contributed by atoms with E-state index in [1.54, 1.807) is 24.0 Å². The average molecular weight is 473 g/mol. The molecule has 7 nitrogen and oxygen atoms in total. The summed E-state index contributed by atoms with van der Waals surface area (Å²) in [6.07, 6.45) is 3.59. The van der Waals surface area contributed by atoms with E-state index in [2.05, 4.69) is 37.5 Å². The molecule has 34 heavy (non-hydrogen) atoms. The van der Waals surface area contributed by atoms with Crippen LogP contribution >= 0.6 is 0 Å². The van der Waals surface area contributed by atoms with Crippen LogP contribution in [-0.2, 0) is 9.59 Å². The molecule has 0 radical (unpaired) electrons. The predicted octanol–water partition coefficient (Wildman–Crippen LogP) is 3.88. The molecule has 0 bridgehead atoms. The molecule has 3 atom stereocenters. The Kier molecular flexibility index (Phi) is 8.69. The zero-order chi connectivity index (χ0) is 24.8. The largest absolute Gasteiger partial charge is 0.339 e. The molecule has 0 aromatic heterocycles. The summed E-state index contributed by atoms with van der Waals surface area (Å²) in [4.78, 5) is 40.5. The molecule has 8 heteroatoms. The lowest BCUT2D eigenvalue weighted by Gasteiger charge is -2.39. The number of allylic oxidation sites excluding steroid dienone is 1. The number of benzene rings is 1. The second kappa shape index (κ2) is 11.5. The first kappa shape index (κ1) is 25.7. The Labute approximate surface area is 201 Å². The molecule has 2 aliphatic rings. The highest BCUT2D eigenvalue weighted by molar-refractivity contribution is 5.89. The SMILES string of the molecule is CC(=O)N1CCN(C(=O)C[C@@H]2C[C@@H](C(C)C)[C@H](CNC(=O)Nc3cccc(F)c3)C=C2C)CC1. The van der Waals surface area contributed by atoms with Crippen LogP contribution < -0.4 is 10.6 Å². The lowest BCUT2D eigenvalue weighted by molar-refractivity contribution is -0.139. The van der Waals surface area contributed by atoms with Gasteiger partial charge in [-0.25, -0.2) is 9.18 Å². The van der Waals surface area contributed by atoms with Crippen molar-refractivity contribution in [2.75, 3.05) is 38.0 Å². The van der Waals surface area contributed by atoms with E-state index in [1.165, 1.54) is 17.7 Å². The van der Waals surface area contributed by atoms with Crippen LogP contribution in [-0.4, -0.2) is 60.4 Å². The number of nitrogens with one attached hydrogen (secondary N) is 2. The molecule has 1 fully saturated rings. The van der Waals surface area contributed by atoms with Crippen molar-refractivity contribution >= 4 is 23.5 Å². The minimum absolute atomic E-state index is 0.0576. The van der Waals surface area contributed by atoms with E-state index in [1.807, 2.05) is 4.90 Å². The fraction of sp³-hybridized carbons (Fsp3) is 0.577. The summed E-state index contributed by atoms with van der Waals surface area (Å²) in [7, 11) is 0. The van der Waals surface area contributed by atoms with Gasteiger partial charge in [0.25, 0.3) is 0 Å². The van der Waals surface area contributed by atoms with Gasteiger partial charge in [0.05, 0.1) is 0 Å². The number of carbonyl (C=O) groups is 3. The molecule has 1 heterocycles. The Bertz CT molecular complexity index is 924. The number of anilines is 1. The van der Waals surface area contributed by atoms with Crippen LogP contribution in [0, 0.1) is 29.5 Å². The van der Waals surface area contributed by atoms with E-state index in [0.29, 0.717) is 56.7 Å². The van der Waals surface area contributed by atoms with Gasteiger partial charge in [-0.3, -0.25) is 9.59 Å². The first-order valence-corrected chi connectivity index (χ1v) is 12.2. The highest BCUT2D eigenvalue weighted by atomic mass is 19.1. The lowest BCUT2D eigenvalue weighted by atomic mass is 9.69. The summed E-state index contributed by atoms with van der Waals surface area (Å²) < 4.78 is 13.4. The Balaban J connectivity index is 1.56. The molecule has 1 aromatic rings. The van der Waals surface area contributed by atoms with Gasteiger partial charge in [0.1, 0.15) is 5.82 Å². The topological polar surface area (TPSA) is 81.8 Å². The van der Waals surface area contributed by atoms with E-state index in [-0.39, 0.29) is 29.7 Å². The third-order valence-corrected chi connectivity index (χ3v) is 7.16. The molecule has 186 valence electrons. The van der Waals surface area contributed by atoms with E-state index in [4.69, 9.17) is 0 Å². The Morgan fingerprint density at radius 1 is 1.12 bits per heavy atom. The average Bonchev–Trinajstić information content (AvgIpc) is 2.79. The van der Waals surface area contributed by atoms with Gasteiger partial charge in [-0.1, -0.05) is 31.6 Å². The maximum absolute atomic E-state index is 13.4. The summed E-state index contributed by atoms with van der Waals surface area (Å²) in [5.41, 5.74) is 1.60. The number of amides is 4. The first-order valence-electron chi connectivity index (χ1n) is 12.2. The number of urea groups is 1.